The molecule has 22 heavy (non-hydrogen) atoms. The van der Waals surface area contributed by atoms with Crippen LogP contribution in [0.1, 0.15) is 23.5 Å². The van der Waals surface area contributed by atoms with Gasteiger partial charge in [0, 0.05) is 17.5 Å². The van der Waals surface area contributed by atoms with Crippen LogP contribution in [0.3, 0.4) is 0 Å². The van der Waals surface area contributed by atoms with E-state index < -0.39 is 11.7 Å². The SMILES string of the molecule is Cl.N[C@H]1C[C@@H]1c1ccc(-c2cccc(C(F)(F)F)c2)nc1Cl. The minimum absolute atomic E-state index is 0. The minimum atomic E-state index is -4.37. The van der Waals surface area contributed by atoms with E-state index in [2.05, 4.69) is 4.98 Å². The Kier molecular flexibility index (Phi) is 4.70. The van der Waals surface area contributed by atoms with Crippen molar-refractivity contribution in [1.82, 2.24) is 4.98 Å². The third-order valence-corrected chi connectivity index (χ3v) is 3.91. The molecule has 0 aliphatic heterocycles. The van der Waals surface area contributed by atoms with Crippen molar-refractivity contribution in [2.24, 2.45) is 5.73 Å². The van der Waals surface area contributed by atoms with E-state index in [1.165, 1.54) is 6.07 Å². The van der Waals surface area contributed by atoms with Gasteiger partial charge in [-0.2, -0.15) is 13.2 Å². The van der Waals surface area contributed by atoms with Crippen LogP contribution < -0.4 is 5.73 Å². The zero-order chi connectivity index (χ0) is 15.2. The maximum atomic E-state index is 12.7. The number of hydrogen-bond donors (Lipinski definition) is 1. The molecule has 118 valence electrons. The van der Waals surface area contributed by atoms with Crippen molar-refractivity contribution in [3.8, 4) is 11.3 Å². The quantitative estimate of drug-likeness (QED) is 0.801. The van der Waals surface area contributed by atoms with Gasteiger partial charge in [0.25, 0.3) is 0 Å². The third kappa shape index (κ3) is 3.37. The molecule has 0 saturated heterocycles. The van der Waals surface area contributed by atoms with Crippen molar-refractivity contribution >= 4 is 24.0 Å². The van der Waals surface area contributed by atoms with Gasteiger partial charge in [-0.25, -0.2) is 4.98 Å². The minimum Gasteiger partial charge on any atom is -0.327 e. The van der Waals surface area contributed by atoms with Crippen LogP contribution in [-0.2, 0) is 6.18 Å². The molecule has 1 heterocycles. The van der Waals surface area contributed by atoms with E-state index in [-0.39, 0.29) is 24.4 Å². The molecular formula is C15H13Cl2F3N2. The largest absolute Gasteiger partial charge is 0.416 e. The third-order valence-electron chi connectivity index (χ3n) is 3.60. The fourth-order valence-electron chi connectivity index (χ4n) is 2.31. The maximum Gasteiger partial charge on any atom is 0.416 e. The molecule has 0 amide bonds. The first-order valence-corrected chi connectivity index (χ1v) is 6.83. The smallest absolute Gasteiger partial charge is 0.327 e. The van der Waals surface area contributed by atoms with E-state index in [1.54, 1.807) is 18.2 Å². The number of aromatic nitrogens is 1. The van der Waals surface area contributed by atoms with E-state index in [9.17, 15) is 13.2 Å². The second kappa shape index (κ2) is 6.07. The molecule has 3 rings (SSSR count). The van der Waals surface area contributed by atoms with Crippen LogP contribution >= 0.6 is 24.0 Å². The Morgan fingerprint density at radius 1 is 1.18 bits per heavy atom. The summed E-state index contributed by atoms with van der Waals surface area (Å²) in [6.07, 6.45) is -3.51. The van der Waals surface area contributed by atoms with E-state index in [4.69, 9.17) is 17.3 Å². The Hall–Kier alpha value is -1.30. The van der Waals surface area contributed by atoms with Gasteiger partial charge in [0.05, 0.1) is 11.3 Å². The highest BCUT2D eigenvalue weighted by Crippen LogP contribution is 2.42. The fourth-order valence-corrected chi connectivity index (χ4v) is 2.60. The fraction of sp³-hybridized carbons (Fsp3) is 0.267. The summed E-state index contributed by atoms with van der Waals surface area (Å²) in [6, 6.07) is 8.62. The highest BCUT2D eigenvalue weighted by atomic mass is 35.5. The monoisotopic (exact) mass is 348 g/mol. The average Bonchev–Trinajstić information content (AvgIpc) is 3.14. The van der Waals surface area contributed by atoms with Gasteiger partial charge in [0.2, 0.25) is 0 Å². The lowest BCUT2D eigenvalue weighted by atomic mass is 10.1. The predicted octanol–water partition coefficient (Wildman–Crippen LogP) is 4.66. The first-order chi connectivity index (χ1) is 9.86. The van der Waals surface area contributed by atoms with Gasteiger partial charge in [-0.15, -0.1) is 12.4 Å². The highest BCUT2D eigenvalue weighted by molar-refractivity contribution is 6.30. The van der Waals surface area contributed by atoms with E-state index in [0.29, 0.717) is 16.4 Å². The van der Waals surface area contributed by atoms with Crippen LogP contribution in [-0.4, -0.2) is 11.0 Å². The molecule has 0 radical (unpaired) electrons. The van der Waals surface area contributed by atoms with Crippen molar-refractivity contribution in [1.29, 1.82) is 0 Å². The highest BCUT2D eigenvalue weighted by Gasteiger charge is 2.36. The van der Waals surface area contributed by atoms with Gasteiger partial charge in [-0.05, 0) is 30.2 Å². The second-order valence-corrected chi connectivity index (χ2v) is 5.52. The molecule has 0 spiro atoms. The predicted molar refractivity (Wildman–Crippen MR) is 82.3 cm³/mol. The summed E-state index contributed by atoms with van der Waals surface area (Å²) in [5, 5.41) is 0.308. The van der Waals surface area contributed by atoms with Crippen molar-refractivity contribution < 1.29 is 13.2 Å². The zero-order valence-corrected chi connectivity index (χ0v) is 12.8. The zero-order valence-electron chi connectivity index (χ0n) is 11.3. The van der Waals surface area contributed by atoms with Crippen LogP contribution in [0.15, 0.2) is 36.4 Å². The first-order valence-electron chi connectivity index (χ1n) is 6.46. The molecule has 2 aromatic rings. The topological polar surface area (TPSA) is 38.9 Å². The number of halogens is 5. The number of nitrogens with two attached hydrogens (primary N) is 1. The molecule has 1 aromatic heterocycles. The average molecular weight is 349 g/mol. The van der Waals surface area contributed by atoms with Crippen LogP contribution in [0.2, 0.25) is 5.15 Å². The lowest BCUT2D eigenvalue weighted by Crippen LogP contribution is -2.05. The molecule has 1 aliphatic carbocycles. The van der Waals surface area contributed by atoms with E-state index >= 15 is 0 Å². The van der Waals surface area contributed by atoms with Gasteiger partial charge in [-0.1, -0.05) is 29.8 Å². The van der Waals surface area contributed by atoms with Gasteiger partial charge in [0.15, 0.2) is 0 Å². The summed E-state index contributed by atoms with van der Waals surface area (Å²) in [6.45, 7) is 0. The molecule has 2 nitrogen and oxygen atoms in total. The Labute approximate surface area is 136 Å². The molecular weight excluding hydrogens is 336 g/mol. The first kappa shape index (κ1) is 17.1. The summed E-state index contributed by atoms with van der Waals surface area (Å²) in [5.41, 5.74) is 6.74. The van der Waals surface area contributed by atoms with Crippen molar-refractivity contribution in [2.75, 3.05) is 0 Å². The molecule has 2 atom stereocenters. The molecule has 0 unspecified atom stereocenters. The summed E-state index contributed by atoms with van der Waals surface area (Å²) in [4.78, 5) is 4.20. The number of hydrogen-bond acceptors (Lipinski definition) is 2. The van der Waals surface area contributed by atoms with Crippen molar-refractivity contribution in [3.05, 3.63) is 52.7 Å². The molecule has 1 saturated carbocycles. The van der Waals surface area contributed by atoms with Crippen LogP contribution in [0, 0.1) is 0 Å². The van der Waals surface area contributed by atoms with Gasteiger partial charge in [-0.3, -0.25) is 0 Å². The molecule has 0 bridgehead atoms. The summed E-state index contributed by atoms with van der Waals surface area (Å²) in [5.74, 6) is 0.209. The molecule has 1 aromatic carbocycles. The summed E-state index contributed by atoms with van der Waals surface area (Å²) in [7, 11) is 0. The summed E-state index contributed by atoms with van der Waals surface area (Å²) < 4.78 is 38.2. The van der Waals surface area contributed by atoms with Gasteiger partial charge >= 0.3 is 6.18 Å². The Balaban J connectivity index is 0.00000176. The number of rotatable bonds is 2. The lowest BCUT2D eigenvalue weighted by Gasteiger charge is -2.09. The molecule has 1 fully saturated rings. The Bertz CT molecular complexity index is 689. The van der Waals surface area contributed by atoms with Crippen LogP contribution in [0.5, 0.6) is 0 Å². The normalized spacial score (nSPS) is 20.4. The Morgan fingerprint density at radius 3 is 2.41 bits per heavy atom. The number of nitrogens with zero attached hydrogens (tertiary/aromatic N) is 1. The van der Waals surface area contributed by atoms with Gasteiger partial charge in [0.1, 0.15) is 5.15 Å². The van der Waals surface area contributed by atoms with Crippen molar-refractivity contribution in [2.45, 2.75) is 24.6 Å². The number of benzene rings is 1. The molecule has 1 aliphatic rings. The van der Waals surface area contributed by atoms with Crippen LogP contribution in [0.4, 0.5) is 13.2 Å². The van der Waals surface area contributed by atoms with E-state index in [1.807, 2.05) is 0 Å². The lowest BCUT2D eigenvalue weighted by molar-refractivity contribution is -0.137. The van der Waals surface area contributed by atoms with Crippen LogP contribution in [0.25, 0.3) is 11.3 Å². The van der Waals surface area contributed by atoms with E-state index in [0.717, 1.165) is 24.1 Å². The van der Waals surface area contributed by atoms with Crippen molar-refractivity contribution in [3.63, 3.8) is 0 Å². The Morgan fingerprint density at radius 2 is 1.86 bits per heavy atom. The standard InChI is InChI=1S/C15H12ClF3N2.ClH/c16-14-10(11-7-12(11)20)4-5-13(21-14)8-2-1-3-9(6-8)15(17,18)19;/h1-6,11-12H,7,20H2;1H/t11-,12+;/m1./s1. The summed E-state index contributed by atoms with van der Waals surface area (Å²) >= 11 is 6.12. The van der Waals surface area contributed by atoms with Gasteiger partial charge < -0.3 is 5.73 Å². The molecule has 2 N–H and O–H groups in total. The second-order valence-electron chi connectivity index (χ2n) is 5.16. The molecule has 7 heteroatoms. The number of pyridine rings is 1. The number of alkyl halides is 3. The maximum absolute atomic E-state index is 12.7.